The molecule has 3 saturated heterocycles. The number of hydrazone groups is 1. The smallest absolute Gasteiger partial charge is 0.329 e. The second kappa shape index (κ2) is 11.3. The molecule has 4 rings (SSSR count). The number of nitrogens with zero attached hydrogens (tertiary/aromatic N) is 3. The number of carboxylic acid groups (broad SMARTS) is 1. The normalized spacial score (nSPS) is 26.0. The van der Waals surface area contributed by atoms with E-state index in [1.807, 2.05) is 18.0 Å². The Bertz CT molecular complexity index is 734. The molecule has 2 atom stereocenters. The zero-order valence-electron chi connectivity index (χ0n) is 17.8. The molecule has 31 heavy (non-hydrogen) atoms. The van der Waals surface area contributed by atoms with E-state index < -0.39 is 5.97 Å². The van der Waals surface area contributed by atoms with Crippen molar-refractivity contribution in [3.63, 3.8) is 0 Å². The van der Waals surface area contributed by atoms with Gasteiger partial charge < -0.3 is 14.7 Å². The van der Waals surface area contributed by atoms with Gasteiger partial charge in [0.05, 0.1) is 24.5 Å². The van der Waals surface area contributed by atoms with Crippen LogP contribution in [0.5, 0.6) is 0 Å². The monoisotopic (exact) mass is 448 g/mol. The van der Waals surface area contributed by atoms with Crippen LogP contribution in [0.4, 0.5) is 0 Å². The van der Waals surface area contributed by atoms with Gasteiger partial charge in [-0.2, -0.15) is 22.3 Å². The average molecular weight is 449 g/mol. The summed E-state index contributed by atoms with van der Waals surface area (Å²) in [6.07, 6.45) is 4.84. The number of rotatable bonds is 8. The fourth-order valence-corrected chi connectivity index (χ4v) is 5.10. The minimum absolute atomic E-state index is 0.0542. The van der Waals surface area contributed by atoms with Gasteiger partial charge in [0.15, 0.2) is 0 Å². The van der Waals surface area contributed by atoms with Crippen LogP contribution in [0.1, 0.15) is 36.4 Å². The molecule has 0 saturated carbocycles. The van der Waals surface area contributed by atoms with Crippen LogP contribution in [0.2, 0.25) is 0 Å². The van der Waals surface area contributed by atoms with Gasteiger partial charge in [0, 0.05) is 44.2 Å². The Morgan fingerprint density at radius 3 is 2.68 bits per heavy atom. The Labute approximate surface area is 187 Å². The molecule has 3 fully saturated rings. The third-order valence-corrected chi connectivity index (χ3v) is 6.95. The third-order valence-electron chi connectivity index (χ3n) is 6.01. The van der Waals surface area contributed by atoms with Gasteiger partial charge in [0.2, 0.25) is 0 Å². The second-order valence-corrected chi connectivity index (χ2v) is 9.55. The summed E-state index contributed by atoms with van der Waals surface area (Å²) in [5.41, 5.74) is 5.54. The van der Waals surface area contributed by atoms with Crippen molar-refractivity contribution in [2.75, 3.05) is 50.8 Å². The van der Waals surface area contributed by atoms with Crippen molar-refractivity contribution in [2.24, 2.45) is 5.10 Å². The Morgan fingerprint density at radius 2 is 1.97 bits per heavy atom. The zero-order valence-corrected chi connectivity index (χ0v) is 18.6. The van der Waals surface area contributed by atoms with Gasteiger partial charge in [-0.1, -0.05) is 24.3 Å². The van der Waals surface area contributed by atoms with Gasteiger partial charge in [0.1, 0.15) is 6.61 Å². The number of nitrogens with one attached hydrogen (secondary N) is 1. The van der Waals surface area contributed by atoms with Crippen LogP contribution >= 0.6 is 11.8 Å². The van der Waals surface area contributed by atoms with Gasteiger partial charge in [-0.25, -0.2) is 4.79 Å². The lowest BCUT2D eigenvalue weighted by Crippen LogP contribution is -2.41. The van der Waals surface area contributed by atoms with Crippen LogP contribution in [0.3, 0.4) is 0 Å². The summed E-state index contributed by atoms with van der Waals surface area (Å²) in [7, 11) is 0. The number of aliphatic carboxylic acids is 1. The molecule has 0 aromatic heterocycles. The van der Waals surface area contributed by atoms with Crippen molar-refractivity contribution in [3.8, 4) is 0 Å². The van der Waals surface area contributed by atoms with Gasteiger partial charge >= 0.3 is 5.97 Å². The molecule has 3 aliphatic heterocycles. The highest BCUT2D eigenvalue weighted by molar-refractivity contribution is 7.99. The number of thioether (sulfide) groups is 1. The SMILES string of the molecule is O=C(O)COC1CCN(CC2CC(c3ccc(C=NN4CCSCC4)cc3)NO2)CC1. The van der Waals surface area contributed by atoms with E-state index in [0.29, 0.717) is 0 Å². The minimum atomic E-state index is -0.902. The highest BCUT2D eigenvalue weighted by Crippen LogP contribution is 2.27. The van der Waals surface area contributed by atoms with Crippen LogP contribution in [-0.2, 0) is 14.4 Å². The number of carboxylic acids is 1. The summed E-state index contributed by atoms with van der Waals surface area (Å²) in [6, 6.07) is 8.75. The number of benzene rings is 1. The summed E-state index contributed by atoms with van der Waals surface area (Å²) in [6.45, 7) is 4.56. The fourth-order valence-electron chi connectivity index (χ4n) is 4.22. The van der Waals surface area contributed by atoms with Gasteiger partial charge in [0.25, 0.3) is 0 Å². The maximum absolute atomic E-state index is 10.6. The van der Waals surface area contributed by atoms with E-state index >= 15 is 0 Å². The number of hydroxylamine groups is 1. The predicted octanol–water partition coefficient (Wildman–Crippen LogP) is 1.97. The minimum Gasteiger partial charge on any atom is -0.480 e. The summed E-state index contributed by atoms with van der Waals surface area (Å²) < 4.78 is 5.42. The summed E-state index contributed by atoms with van der Waals surface area (Å²) in [4.78, 5) is 18.9. The summed E-state index contributed by atoms with van der Waals surface area (Å²) in [5, 5.41) is 15.5. The lowest BCUT2D eigenvalue weighted by atomic mass is 10.0. The quantitative estimate of drug-likeness (QED) is 0.584. The fraction of sp³-hybridized carbons (Fsp3) is 0.636. The molecule has 0 radical (unpaired) electrons. The molecule has 170 valence electrons. The number of hydrogen-bond donors (Lipinski definition) is 2. The molecule has 0 spiro atoms. The molecule has 8 nitrogen and oxygen atoms in total. The van der Waals surface area contributed by atoms with Crippen molar-refractivity contribution in [1.82, 2.24) is 15.4 Å². The Kier molecular flexibility index (Phi) is 8.21. The maximum Gasteiger partial charge on any atom is 0.329 e. The standard InChI is InChI=1S/C22H32N4O4S/c27-22(28)16-29-19-5-7-25(8-6-19)15-20-13-21(24-30-20)18-3-1-17(2-4-18)14-23-26-9-11-31-12-10-26/h1-4,14,19-21,24H,5-13,15-16H2,(H,27,28). The van der Waals surface area contributed by atoms with Crippen molar-refractivity contribution in [1.29, 1.82) is 0 Å². The molecular weight excluding hydrogens is 416 g/mol. The zero-order chi connectivity index (χ0) is 21.5. The molecule has 0 bridgehead atoms. The van der Waals surface area contributed by atoms with E-state index in [9.17, 15) is 4.79 Å². The van der Waals surface area contributed by atoms with Gasteiger partial charge in [-0.05, 0) is 30.4 Å². The first kappa shape index (κ1) is 22.5. The molecule has 0 aliphatic carbocycles. The Hall–Kier alpha value is -1.65. The topological polar surface area (TPSA) is 86.6 Å². The highest BCUT2D eigenvalue weighted by Gasteiger charge is 2.30. The molecule has 2 unspecified atom stereocenters. The van der Waals surface area contributed by atoms with E-state index in [4.69, 9.17) is 14.7 Å². The average Bonchev–Trinajstić information content (AvgIpc) is 3.27. The van der Waals surface area contributed by atoms with E-state index in [1.165, 1.54) is 5.56 Å². The highest BCUT2D eigenvalue weighted by atomic mass is 32.2. The van der Waals surface area contributed by atoms with Crippen LogP contribution in [-0.4, -0.2) is 90.2 Å². The van der Waals surface area contributed by atoms with Crippen molar-refractivity contribution >= 4 is 23.9 Å². The van der Waals surface area contributed by atoms with Gasteiger partial charge in [-0.15, -0.1) is 0 Å². The van der Waals surface area contributed by atoms with Crippen LogP contribution < -0.4 is 5.48 Å². The molecular formula is C22H32N4O4S. The summed E-state index contributed by atoms with van der Waals surface area (Å²) in [5.74, 6) is 1.41. The van der Waals surface area contributed by atoms with E-state index in [2.05, 4.69) is 44.8 Å². The maximum atomic E-state index is 10.6. The number of ether oxygens (including phenoxy) is 1. The van der Waals surface area contributed by atoms with Crippen LogP contribution in [0.15, 0.2) is 29.4 Å². The van der Waals surface area contributed by atoms with E-state index in [-0.39, 0.29) is 24.9 Å². The number of hydrogen-bond acceptors (Lipinski definition) is 8. The second-order valence-electron chi connectivity index (χ2n) is 8.33. The number of likely N-dealkylation sites (tertiary alicyclic amines) is 1. The van der Waals surface area contributed by atoms with Crippen LogP contribution in [0.25, 0.3) is 0 Å². The summed E-state index contributed by atoms with van der Waals surface area (Å²) >= 11 is 1.99. The molecule has 0 amide bonds. The lowest BCUT2D eigenvalue weighted by molar-refractivity contribution is -0.145. The lowest BCUT2D eigenvalue weighted by Gasteiger charge is -2.32. The largest absolute Gasteiger partial charge is 0.480 e. The Morgan fingerprint density at radius 1 is 1.23 bits per heavy atom. The molecule has 9 heteroatoms. The first-order chi connectivity index (χ1) is 15.2. The van der Waals surface area contributed by atoms with Gasteiger partial charge in [-0.3, -0.25) is 9.85 Å². The van der Waals surface area contributed by atoms with Crippen molar-refractivity contribution < 1.29 is 19.5 Å². The number of piperidine rings is 1. The van der Waals surface area contributed by atoms with E-state index in [1.54, 1.807) is 0 Å². The van der Waals surface area contributed by atoms with Crippen molar-refractivity contribution in [3.05, 3.63) is 35.4 Å². The molecule has 3 heterocycles. The third kappa shape index (κ3) is 6.92. The number of carbonyl (C=O) groups is 1. The first-order valence-electron chi connectivity index (χ1n) is 11.1. The predicted molar refractivity (Wildman–Crippen MR) is 121 cm³/mol. The molecule has 3 aliphatic rings. The molecule has 1 aromatic carbocycles. The molecule has 2 N–H and O–H groups in total. The van der Waals surface area contributed by atoms with E-state index in [0.717, 1.165) is 69.1 Å². The van der Waals surface area contributed by atoms with Crippen molar-refractivity contribution in [2.45, 2.75) is 37.5 Å². The van der Waals surface area contributed by atoms with Crippen LogP contribution in [0, 0.1) is 0 Å². The Balaban J connectivity index is 1.19. The first-order valence-corrected chi connectivity index (χ1v) is 12.2. The molecule has 1 aromatic rings.